The van der Waals surface area contributed by atoms with Crippen LogP contribution in [0.4, 0.5) is 0 Å². The molecule has 0 radical (unpaired) electrons. The molecule has 1 aliphatic heterocycles. The molecule has 0 spiro atoms. The third-order valence-corrected chi connectivity index (χ3v) is 3.96. The second-order valence-corrected chi connectivity index (χ2v) is 5.96. The molecule has 0 unspecified atom stereocenters. The summed E-state index contributed by atoms with van der Waals surface area (Å²) < 4.78 is 10.7. The lowest BCUT2D eigenvalue weighted by Crippen LogP contribution is -2.38. The summed E-state index contributed by atoms with van der Waals surface area (Å²) in [4.78, 5) is 4.58. The minimum atomic E-state index is 0. The van der Waals surface area contributed by atoms with Crippen molar-refractivity contribution in [1.82, 2.24) is 10.6 Å². The predicted molar refractivity (Wildman–Crippen MR) is 109 cm³/mol. The number of guanidine groups is 1. The van der Waals surface area contributed by atoms with Crippen LogP contribution in [0.15, 0.2) is 23.2 Å². The Morgan fingerprint density at radius 1 is 1.26 bits per heavy atom. The van der Waals surface area contributed by atoms with Gasteiger partial charge in [-0.05, 0) is 49.5 Å². The highest BCUT2D eigenvalue weighted by Gasteiger charge is 2.12. The number of fused-ring (bicyclic) bond motifs is 1. The molecule has 1 aliphatic rings. The number of ether oxygens (including phenoxy) is 2. The first-order valence-electron chi connectivity index (χ1n) is 7.73. The highest BCUT2D eigenvalue weighted by atomic mass is 127. The van der Waals surface area contributed by atoms with Gasteiger partial charge in [-0.3, -0.25) is 4.99 Å². The van der Waals surface area contributed by atoms with Gasteiger partial charge in [-0.1, -0.05) is 6.07 Å². The van der Waals surface area contributed by atoms with Crippen LogP contribution in [0.3, 0.4) is 0 Å². The summed E-state index contributed by atoms with van der Waals surface area (Å²) in [7, 11) is 0. The van der Waals surface area contributed by atoms with Crippen molar-refractivity contribution in [2.75, 3.05) is 38.4 Å². The van der Waals surface area contributed by atoms with E-state index in [0.29, 0.717) is 6.79 Å². The number of hydrogen-bond acceptors (Lipinski definition) is 4. The molecule has 1 heterocycles. The van der Waals surface area contributed by atoms with Gasteiger partial charge in [0.05, 0.1) is 0 Å². The molecule has 0 saturated heterocycles. The van der Waals surface area contributed by atoms with E-state index in [1.807, 2.05) is 23.9 Å². The fraction of sp³-hybridized carbons (Fsp3) is 0.562. The monoisotopic (exact) mass is 451 g/mol. The number of halogens is 1. The van der Waals surface area contributed by atoms with Crippen molar-refractivity contribution in [3.8, 4) is 11.5 Å². The van der Waals surface area contributed by atoms with Crippen molar-refractivity contribution in [1.29, 1.82) is 0 Å². The van der Waals surface area contributed by atoms with E-state index in [4.69, 9.17) is 9.47 Å². The summed E-state index contributed by atoms with van der Waals surface area (Å²) >= 11 is 1.86. The van der Waals surface area contributed by atoms with E-state index in [1.165, 1.54) is 5.56 Å². The standard InChI is InChI=1S/C16H25N3O2S.HI/c1-3-17-16(18-8-4-10-22-2)19-9-7-13-5-6-14-15(11-13)21-12-20-14;/h5-6,11H,3-4,7-10,12H2,1-2H3,(H2,17,18,19);1H. The Morgan fingerprint density at radius 2 is 2.09 bits per heavy atom. The maximum Gasteiger partial charge on any atom is 0.231 e. The lowest BCUT2D eigenvalue weighted by Gasteiger charge is -2.11. The lowest BCUT2D eigenvalue weighted by atomic mass is 10.1. The van der Waals surface area contributed by atoms with Gasteiger partial charge in [0.25, 0.3) is 0 Å². The third kappa shape index (κ3) is 7.07. The van der Waals surface area contributed by atoms with Crippen LogP contribution < -0.4 is 20.1 Å². The molecule has 0 saturated carbocycles. The van der Waals surface area contributed by atoms with Crippen molar-refractivity contribution < 1.29 is 9.47 Å². The van der Waals surface area contributed by atoms with E-state index in [9.17, 15) is 0 Å². The third-order valence-electron chi connectivity index (χ3n) is 3.26. The number of nitrogens with zero attached hydrogens (tertiary/aromatic N) is 1. The average molecular weight is 451 g/mol. The van der Waals surface area contributed by atoms with Crippen molar-refractivity contribution in [3.63, 3.8) is 0 Å². The Morgan fingerprint density at radius 3 is 2.87 bits per heavy atom. The van der Waals surface area contributed by atoms with Crippen molar-refractivity contribution >= 4 is 41.7 Å². The number of hydrogen-bond donors (Lipinski definition) is 2. The Labute approximate surface area is 160 Å². The molecule has 5 nitrogen and oxygen atoms in total. The SMILES string of the molecule is CCNC(=NCCCSC)NCCc1ccc2c(c1)OCO2.I. The summed E-state index contributed by atoms with van der Waals surface area (Å²) in [6, 6.07) is 6.10. The minimum Gasteiger partial charge on any atom is -0.454 e. The van der Waals surface area contributed by atoms with Crippen LogP contribution in [0.5, 0.6) is 11.5 Å². The molecule has 0 atom stereocenters. The molecule has 23 heavy (non-hydrogen) atoms. The van der Waals surface area contributed by atoms with E-state index in [1.54, 1.807) is 0 Å². The number of thioether (sulfide) groups is 1. The first-order valence-corrected chi connectivity index (χ1v) is 9.12. The van der Waals surface area contributed by atoms with Crippen LogP contribution >= 0.6 is 35.7 Å². The number of benzene rings is 1. The molecule has 130 valence electrons. The van der Waals surface area contributed by atoms with E-state index in [2.05, 4.69) is 34.9 Å². The fourth-order valence-corrected chi connectivity index (χ4v) is 2.58. The second-order valence-electron chi connectivity index (χ2n) is 4.97. The van der Waals surface area contributed by atoms with Crippen LogP contribution in [0.1, 0.15) is 18.9 Å². The molecule has 7 heteroatoms. The Kier molecular flexibility index (Phi) is 10.3. The summed E-state index contributed by atoms with van der Waals surface area (Å²) in [5.74, 6) is 3.72. The minimum absolute atomic E-state index is 0. The Hall–Kier alpha value is -0.830. The fourth-order valence-electron chi connectivity index (χ4n) is 2.16. The van der Waals surface area contributed by atoms with Crippen molar-refractivity contribution in [2.24, 2.45) is 4.99 Å². The van der Waals surface area contributed by atoms with Gasteiger partial charge in [-0.15, -0.1) is 24.0 Å². The van der Waals surface area contributed by atoms with Gasteiger partial charge >= 0.3 is 0 Å². The molecule has 0 aromatic heterocycles. The molecular formula is C16H26IN3O2S. The zero-order chi connectivity index (χ0) is 15.6. The molecule has 2 N–H and O–H groups in total. The second kappa shape index (κ2) is 11.7. The Bertz CT molecular complexity index is 500. The predicted octanol–water partition coefficient (Wildman–Crippen LogP) is 2.88. The van der Waals surface area contributed by atoms with Gasteiger partial charge < -0.3 is 20.1 Å². The largest absolute Gasteiger partial charge is 0.454 e. The van der Waals surface area contributed by atoms with Gasteiger partial charge in [-0.25, -0.2) is 0 Å². The van der Waals surface area contributed by atoms with Gasteiger partial charge in [0.15, 0.2) is 17.5 Å². The number of nitrogens with one attached hydrogen (secondary N) is 2. The van der Waals surface area contributed by atoms with Gasteiger partial charge in [0.1, 0.15) is 0 Å². The van der Waals surface area contributed by atoms with Crippen LogP contribution in [0, 0.1) is 0 Å². The number of aliphatic imine (C=N–C) groups is 1. The molecule has 1 aromatic carbocycles. The van der Waals surface area contributed by atoms with E-state index < -0.39 is 0 Å². The van der Waals surface area contributed by atoms with Crippen molar-refractivity contribution in [2.45, 2.75) is 19.8 Å². The molecular weight excluding hydrogens is 425 g/mol. The van der Waals surface area contributed by atoms with Gasteiger partial charge in [0, 0.05) is 19.6 Å². The molecule has 0 fully saturated rings. The Balaban J connectivity index is 0.00000264. The van der Waals surface area contributed by atoms with E-state index in [0.717, 1.165) is 55.7 Å². The maximum atomic E-state index is 5.40. The summed E-state index contributed by atoms with van der Waals surface area (Å²) in [5.41, 5.74) is 1.23. The van der Waals surface area contributed by atoms with E-state index in [-0.39, 0.29) is 24.0 Å². The van der Waals surface area contributed by atoms with Crippen LogP contribution in [-0.4, -0.2) is 44.4 Å². The van der Waals surface area contributed by atoms with E-state index >= 15 is 0 Å². The van der Waals surface area contributed by atoms with Gasteiger partial charge in [0.2, 0.25) is 6.79 Å². The highest BCUT2D eigenvalue weighted by molar-refractivity contribution is 14.0. The van der Waals surface area contributed by atoms with Crippen LogP contribution in [0.2, 0.25) is 0 Å². The highest BCUT2D eigenvalue weighted by Crippen LogP contribution is 2.32. The summed E-state index contributed by atoms with van der Waals surface area (Å²) in [6.07, 6.45) is 4.16. The first kappa shape index (κ1) is 20.2. The maximum absolute atomic E-state index is 5.40. The summed E-state index contributed by atoms with van der Waals surface area (Å²) in [6.45, 7) is 4.98. The molecule has 0 bridgehead atoms. The topological polar surface area (TPSA) is 54.9 Å². The molecule has 1 aromatic rings. The average Bonchev–Trinajstić information content (AvgIpc) is 2.99. The quantitative estimate of drug-likeness (QED) is 0.276. The first-order chi connectivity index (χ1) is 10.8. The zero-order valence-corrected chi connectivity index (χ0v) is 16.9. The smallest absolute Gasteiger partial charge is 0.231 e. The molecule has 0 aliphatic carbocycles. The molecule has 2 rings (SSSR count). The lowest BCUT2D eigenvalue weighted by molar-refractivity contribution is 0.174. The normalized spacial score (nSPS) is 12.7. The van der Waals surface area contributed by atoms with Crippen LogP contribution in [0.25, 0.3) is 0 Å². The molecule has 0 amide bonds. The van der Waals surface area contributed by atoms with Crippen molar-refractivity contribution in [3.05, 3.63) is 23.8 Å². The summed E-state index contributed by atoms with van der Waals surface area (Å²) in [5, 5.41) is 6.65. The zero-order valence-electron chi connectivity index (χ0n) is 13.8. The number of rotatable bonds is 8. The van der Waals surface area contributed by atoms with Crippen LogP contribution in [-0.2, 0) is 6.42 Å². The van der Waals surface area contributed by atoms with Gasteiger partial charge in [-0.2, -0.15) is 11.8 Å².